The SMILES string of the molecule is Cl.Cn1cnc2c1c(=O)n(CC(=O)NC(CN)C1CC1)c(=O)n2C. The molecular weight excluding hydrogens is 336 g/mol. The molecule has 1 amide bonds. The van der Waals surface area contributed by atoms with Crippen LogP contribution in [0.4, 0.5) is 0 Å². The number of carbonyl (C=O) groups is 1. The second-order valence-electron chi connectivity index (χ2n) is 6.01. The molecule has 2 heterocycles. The minimum Gasteiger partial charge on any atom is -0.350 e. The number of rotatable bonds is 5. The van der Waals surface area contributed by atoms with Crippen LogP contribution in [0.2, 0.25) is 0 Å². The predicted octanol–water partition coefficient (Wildman–Crippen LogP) is -1.29. The first kappa shape index (κ1) is 18.2. The number of aryl methyl sites for hydroxylation is 2. The van der Waals surface area contributed by atoms with Gasteiger partial charge in [0.05, 0.1) is 6.33 Å². The molecule has 0 spiro atoms. The van der Waals surface area contributed by atoms with Gasteiger partial charge < -0.3 is 15.6 Å². The third-order valence-corrected chi connectivity index (χ3v) is 4.29. The number of nitrogens with two attached hydrogens (primary N) is 1. The molecule has 1 aliphatic rings. The van der Waals surface area contributed by atoms with E-state index in [2.05, 4.69) is 10.3 Å². The van der Waals surface area contributed by atoms with Crippen LogP contribution in [0.1, 0.15) is 12.8 Å². The van der Waals surface area contributed by atoms with Gasteiger partial charge in [-0.25, -0.2) is 14.3 Å². The largest absolute Gasteiger partial charge is 0.350 e. The molecule has 0 radical (unpaired) electrons. The highest BCUT2D eigenvalue weighted by atomic mass is 35.5. The Morgan fingerprint density at radius 1 is 1.42 bits per heavy atom. The summed E-state index contributed by atoms with van der Waals surface area (Å²) in [4.78, 5) is 41.1. The van der Waals surface area contributed by atoms with Crippen LogP contribution in [0, 0.1) is 5.92 Å². The molecule has 2 aromatic rings. The van der Waals surface area contributed by atoms with Gasteiger partial charge in [-0.3, -0.25) is 14.2 Å². The lowest BCUT2D eigenvalue weighted by atomic mass is 10.2. The zero-order chi connectivity index (χ0) is 16.7. The Hall–Kier alpha value is -2.13. The fourth-order valence-corrected chi connectivity index (χ4v) is 2.80. The van der Waals surface area contributed by atoms with Gasteiger partial charge in [0.25, 0.3) is 5.56 Å². The Bertz CT molecular complexity index is 879. The van der Waals surface area contributed by atoms with Crippen molar-refractivity contribution in [1.29, 1.82) is 0 Å². The normalized spacial score (nSPS) is 15.1. The Morgan fingerprint density at radius 2 is 2.08 bits per heavy atom. The summed E-state index contributed by atoms with van der Waals surface area (Å²) < 4.78 is 3.74. The van der Waals surface area contributed by atoms with Crippen molar-refractivity contribution >= 4 is 29.5 Å². The Kier molecular flexibility index (Phi) is 5.14. The van der Waals surface area contributed by atoms with Crippen LogP contribution in [0.3, 0.4) is 0 Å². The van der Waals surface area contributed by atoms with Gasteiger partial charge in [-0.05, 0) is 18.8 Å². The van der Waals surface area contributed by atoms with Gasteiger partial charge in [0, 0.05) is 26.7 Å². The second kappa shape index (κ2) is 6.78. The lowest BCUT2D eigenvalue weighted by molar-refractivity contribution is -0.122. The van der Waals surface area contributed by atoms with Crippen molar-refractivity contribution in [2.75, 3.05) is 6.54 Å². The van der Waals surface area contributed by atoms with Crippen molar-refractivity contribution in [3.8, 4) is 0 Å². The van der Waals surface area contributed by atoms with E-state index in [-0.39, 0.29) is 36.4 Å². The fraction of sp³-hybridized carbons (Fsp3) is 0.571. The fourth-order valence-electron chi connectivity index (χ4n) is 2.80. The van der Waals surface area contributed by atoms with Crippen LogP contribution in [-0.4, -0.2) is 37.2 Å². The van der Waals surface area contributed by atoms with E-state index < -0.39 is 11.2 Å². The molecule has 1 fully saturated rings. The first-order valence-corrected chi connectivity index (χ1v) is 7.54. The minimum absolute atomic E-state index is 0. The monoisotopic (exact) mass is 356 g/mol. The van der Waals surface area contributed by atoms with Crippen molar-refractivity contribution < 1.29 is 4.79 Å². The standard InChI is InChI=1S/C14H20N6O3.ClH/c1-18-7-16-12-11(18)13(22)20(14(23)19(12)2)6-10(21)17-9(5-15)8-3-4-8;/h7-9H,3-6,15H2,1-2H3,(H,17,21);1H. The van der Waals surface area contributed by atoms with Crippen LogP contribution in [-0.2, 0) is 25.4 Å². The Morgan fingerprint density at radius 3 is 2.67 bits per heavy atom. The molecule has 132 valence electrons. The molecular formula is C14H21ClN6O3. The Labute approximate surface area is 143 Å². The molecule has 2 aromatic heterocycles. The van der Waals surface area contributed by atoms with E-state index >= 15 is 0 Å². The van der Waals surface area contributed by atoms with Gasteiger partial charge in [0.15, 0.2) is 11.2 Å². The average Bonchev–Trinajstić information content (AvgIpc) is 3.29. The number of fused-ring (bicyclic) bond motifs is 1. The summed E-state index contributed by atoms with van der Waals surface area (Å²) in [5, 5.41) is 2.81. The quantitative estimate of drug-likeness (QED) is 0.691. The third kappa shape index (κ3) is 3.09. The zero-order valence-corrected chi connectivity index (χ0v) is 14.4. The van der Waals surface area contributed by atoms with E-state index in [1.54, 1.807) is 11.6 Å². The summed E-state index contributed by atoms with van der Waals surface area (Å²) in [6.45, 7) is 0.0277. The second-order valence-corrected chi connectivity index (χ2v) is 6.01. The number of nitrogens with one attached hydrogen (secondary N) is 1. The zero-order valence-electron chi connectivity index (χ0n) is 13.6. The van der Waals surface area contributed by atoms with Gasteiger partial charge >= 0.3 is 5.69 Å². The molecule has 9 nitrogen and oxygen atoms in total. The topological polar surface area (TPSA) is 117 Å². The molecule has 1 atom stereocenters. The van der Waals surface area contributed by atoms with Crippen molar-refractivity contribution in [2.24, 2.45) is 25.7 Å². The number of imidazole rings is 1. The van der Waals surface area contributed by atoms with Crippen molar-refractivity contribution in [3.05, 3.63) is 27.2 Å². The van der Waals surface area contributed by atoms with Crippen molar-refractivity contribution in [1.82, 2.24) is 24.0 Å². The molecule has 1 saturated carbocycles. The summed E-state index contributed by atoms with van der Waals surface area (Å²) in [6, 6.07) is -0.0949. The number of carbonyl (C=O) groups excluding carboxylic acids is 1. The highest BCUT2D eigenvalue weighted by molar-refractivity contribution is 5.85. The van der Waals surface area contributed by atoms with Crippen LogP contribution in [0.25, 0.3) is 11.2 Å². The number of aromatic nitrogens is 4. The van der Waals surface area contributed by atoms with Gasteiger partial charge in [0.2, 0.25) is 5.91 Å². The summed E-state index contributed by atoms with van der Waals surface area (Å²) in [5.41, 5.74) is 5.17. The molecule has 0 saturated heterocycles. The molecule has 10 heteroatoms. The van der Waals surface area contributed by atoms with E-state index in [4.69, 9.17) is 5.73 Å². The lowest BCUT2D eigenvalue weighted by Crippen LogP contribution is -2.47. The van der Waals surface area contributed by atoms with Gasteiger partial charge in [0.1, 0.15) is 6.54 Å². The number of halogens is 1. The maximum absolute atomic E-state index is 12.5. The summed E-state index contributed by atoms with van der Waals surface area (Å²) in [7, 11) is 3.20. The molecule has 24 heavy (non-hydrogen) atoms. The predicted molar refractivity (Wildman–Crippen MR) is 91.2 cm³/mol. The van der Waals surface area contributed by atoms with Crippen LogP contribution in [0.15, 0.2) is 15.9 Å². The maximum Gasteiger partial charge on any atom is 0.332 e. The Balaban J connectivity index is 0.00000208. The van der Waals surface area contributed by atoms with Crippen LogP contribution < -0.4 is 22.3 Å². The van der Waals surface area contributed by atoms with Crippen LogP contribution in [0.5, 0.6) is 0 Å². The summed E-state index contributed by atoms with van der Waals surface area (Å²) >= 11 is 0. The first-order valence-electron chi connectivity index (χ1n) is 7.54. The highest BCUT2D eigenvalue weighted by Crippen LogP contribution is 2.32. The number of hydrogen-bond acceptors (Lipinski definition) is 5. The molecule has 0 bridgehead atoms. The van der Waals surface area contributed by atoms with Crippen molar-refractivity contribution in [3.63, 3.8) is 0 Å². The highest BCUT2D eigenvalue weighted by Gasteiger charge is 2.31. The van der Waals surface area contributed by atoms with E-state index in [9.17, 15) is 14.4 Å². The minimum atomic E-state index is -0.563. The average molecular weight is 357 g/mol. The molecule has 0 aromatic carbocycles. The van der Waals surface area contributed by atoms with Gasteiger partial charge in [-0.1, -0.05) is 0 Å². The number of amides is 1. The van der Waals surface area contributed by atoms with E-state index in [1.165, 1.54) is 17.9 Å². The molecule has 0 aliphatic heterocycles. The number of nitrogens with zero attached hydrogens (tertiary/aromatic N) is 4. The molecule has 1 aliphatic carbocycles. The number of hydrogen-bond donors (Lipinski definition) is 2. The van der Waals surface area contributed by atoms with Crippen LogP contribution >= 0.6 is 12.4 Å². The van der Waals surface area contributed by atoms with Gasteiger partial charge in [-0.2, -0.15) is 0 Å². The third-order valence-electron chi connectivity index (χ3n) is 4.29. The van der Waals surface area contributed by atoms with E-state index in [0.717, 1.165) is 17.4 Å². The van der Waals surface area contributed by atoms with Gasteiger partial charge in [-0.15, -0.1) is 12.4 Å². The summed E-state index contributed by atoms with van der Waals surface area (Å²) in [6.07, 6.45) is 3.56. The van der Waals surface area contributed by atoms with E-state index in [1.807, 2.05) is 0 Å². The van der Waals surface area contributed by atoms with Crippen molar-refractivity contribution in [2.45, 2.75) is 25.4 Å². The lowest BCUT2D eigenvalue weighted by Gasteiger charge is -2.16. The molecule has 3 rings (SSSR count). The smallest absolute Gasteiger partial charge is 0.332 e. The maximum atomic E-state index is 12.5. The van der Waals surface area contributed by atoms with E-state index in [0.29, 0.717) is 18.1 Å². The summed E-state index contributed by atoms with van der Waals surface area (Å²) in [5.74, 6) is 0.0242. The molecule has 1 unspecified atom stereocenters. The first-order chi connectivity index (χ1) is 10.9. The molecule has 3 N–H and O–H groups in total.